The minimum absolute atomic E-state index is 0.658. The predicted molar refractivity (Wildman–Crippen MR) is 111 cm³/mol. The normalized spacial score (nSPS) is 10.8. The smallest absolute Gasteiger partial charge is 0.143 e. The molecule has 0 saturated heterocycles. The lowest BCUT2D eigenvalue weighted by Crippen LogP contribution is -1.96. The zero-order valence-corrected chi connectivity index (χ0v) is 16.5. The van der Waals surface area contributed by atoms with Crippen molar-refractivity contribution in [2.24, 2.45) is 0 Å². The van der Waals surface area contributed by atoms with Gasteiger partial charge in [0.25, 0.3) is 0 Å². The van der Waals surface area contributed by atoms with E-state index in [1.165, 1.54) is 0 Å². The Morgan fingerprint density at radius 3 is 2.54 bits per heavy atom. The second-order valence-electron chi connectivity index (χ2n) is 5.64. The Kier molecular flexibility index (Phi) is 4.86. The molecule has 0 saturated carbocycles. The average Bonchev–Trinajstić information content (AvgIpc) is 3.09. The molecule has 130 valence electrons. The van der Waals surface area contributed by atoms with Crippen molar-refractivity contribution in [2.45, 2.75) is 6.92 Å². The van der Waals surface area contributed by atoms with Gasteiger partial charge in [0, 0.05) is 21.1 Å². The van der Waals surface area contributed by atoms with E-state index in [1.54, 1.807) is 17.7 Å². The molecule has 4 rings (SSSR count). The lowest BCUT2D eigenvalue weighted by atomic mass is 10.1. The molecular formula is C20H16BrN3OS. The van der Waals surface area contributed by atoms with Gasteiger partial charge in [-0.2, -0.15) is 0 Å². The lowest BCUT2D eigenvalue weighted by molar-refractivity contribution is 0.340. The van der Waals surface area contributed by atoms with Crippen LogP contribution in [0, 0.1) is 0 Å². The monoisotopic (exact) mass is 425 g/mol. The zero-order chi connectivity index (χ0) is 17.9. The van der Waals surface area contributed by atoms with Crippen molar-refractivity contribution >= 4 is 49.0 Å². The predicted octanol–water partition coefficient (Wildman–Crippen LogP) is 6.26. The summed E-state index contributed by atoms with van der Waals surface area (Å²) in [5.74, 6) is 1.66. The SMILES string of the molecule is CCOc1ccc(Nc2ncnc3scc(-c4ccc(Br)cc4)c23)cc1. The van der Waals surface area contributed by atoms with Gasteiger partial charge in [0.1, 0.15) is 22.7 Å². The second-order valence-corrected chi connectivity index (χ2v) is 7.41. The van der Waals surface area contributed by atoms with Crippen molar-refractivity contribution in [2.75, 3.05) is 11.9 Å². The van der Waals surface area contributed by atoms with Crippen LogP contribution in [0.3, 0.4) is 0 Å². The van der Waals surface area contributed by atoms with E-state index >= 15 is 0 Å². The third-order valence-electron chi connectivity index (χ3n) is 3.95. The molecule has 0 unspecified atom stereocenters. The summed E-state index contributed by atoms with van der Waals surface area (Å²) in [7, 11) is 0. The summed E-state index contributed by atoms with van der Waals surface area (Å²) < 4.78 is 6.56. The minimum atomic E-state index is 0.658. The molecule has 2 heterocycles. The fraction of sp³-hybridized carbons (Fsp3) is 0.100. The number of halogens is 1. The van der Waals surface area contributed by atoms with E-state index in [0.717, 1.165) is 43.1 Å². The third-order valence-corrected chi connectivity index (χ3v) is 5.37. The number of thiophene rings is 1. The molecule has 4 nitrogen and oxygen atoms in total. The lowest BCUT2D eigenvalue weighted by Gasteiger charge is -2.09. The number of nitrogens with one attached hydrogen (secondary N) is 1. The van der Waals surface area contributed by atoms with E-state index < -0.39 is 0 Å². The van der Waals surface area contributed by atoms with Gasteiger partial charge in [0.15, 0.2) is 0 Å². The first-order chi connectivity index (χ1) is 12.7. The van der Waals surface area contributed by atoms with E-state index in [9.17, 15) is 0 Å². The van der Waals surface area contributed by atoms with Gasteiger partial charge in [0.2, 0.25) is 0 Å². The Balaban J connectivity index is 1.73. The number of benzene rings is 2. The van der Waals surface area contributed by atoms with Crippen molar-refractivity contribution < 1.29 is 4.74 Å². The number of rotatable bonds is 5. The molecule has 4 aromatic rings. The van der Waals surface area contributed by atoms with E-state index in [0.29, 0.717) is 6.61 Å². The Labute approximate surface area is 164 Å². The van der Waals surface area contributed by atoms with Crippen LogP contribution < -0.4 is 10.1 Å². The van der Waals surface area contributed by atoms with Gasteiger partial charge in [0.05, 0.1) is 12.0 Å². The number of anilines is 2. The number of ether oxygens (including phenoxy) is 1. The molecule has 0 aliphatic carbocycles. The molecule has 2 aromatic carbocycles. The van der Waals surface area contributed by atoms with Gasteiger partial charge < -0.3 is 10.1 Å². The fourth-order valence-electron chi connectivity index (χ4n) is 2.75. The Bertz CT molecular complexity index is 1030. The summed E-state index contributed by atoms with van der Waals surface area (Å²) in [6.07, 6.45) is 1.60. The molecule has 0 bridgehead atoms. The summed E-state index contributed by atoms with van der Waals surface area (Å²) >= 11 is 5.11. The van der Waals surface area contributed by atoms with Crippen molar-refractivity contribution in [3.8, 4) is 16.9 Å². The zero-order valence-electron chi connectivity index (χ0n) is 14.1. The van der Waals surface area contributed by atoms with Crippen LogP contribution in [-0.4, -0.2) is 16.6 Å². The van der Waals surface area contributed by atoms with Gasteiger partial charge in [-0.05, 0) is 48.9 Å². The summed E-state index contributed by atoms with van der Waals surface area (Å²) in [5.41, 5.74) is 3.23. The molecule has 26 heavy (non-hydrogen) atoms. The van der Waals surface area contributed by atoms with Gasteiger partial charge >= 0.3 is 0 Å². The van der Waals surface area contributed by atoms with Gasteiger partial charge in [-0.25, -0.2) is 9.97 Å². The maximum Gasteiger partial charge on any atom is 0.143 e. The van der Waals surface area contributed by atoms with Crippen LogP contribution in [0.1, 0.15) is 6.92 Å². The van der Waals surface area contributed by atoms with Crippen LogP contribution in [-0.2, 0) is 0 Å². The molecule has 0 aliphatic heterocycles. The van der Waals surface area contributed by atoms with Gasteiger partial charge in [-0.15, -0.1) is 11.3 Å². The van der Waals surface area contributed by atoms with Gasteiger partial charge in [-0.1, -0.05) is 28.1 Å². The topological polar surface area (TPSA) is 47.0 Å². The highest BCUT2D eigenvalue weighted by atomic mass is 79.9. The van der Waals surface area contributed by atoms with Crippen LogP contribution in [0.25, 0.3) is 21.3 Å². The van der Waals surface area contributed by atoms with Crippen molar-refractivity contribution in [3.63, 3.8) is 0 Å². The molecule has 0 spiro atoms. The third kappa shape index (κ3) is 3.43. The number of fused-ring (bicyclic) bond motifs is 1. The van der Waals surface area contributed by atoms with E-state index in [-0.39, 0.29) is 0 Å². The number of aromatic nitrogens is 2. The Morgan fingerprint density at radius 1 is 1.04 bits per heavy atom. The number of hydrogen-bond donors (Lipinski definition) is 1. The van der Waals surface area contributed by atoms with Crippen LogP contribution in [0.2, 0.25) is 0 Å². The molecule has 0 radical (unpaired) electrons. The molecule has 0 fully saturated rings. The summed E-state index contributed by atoms with van der Waals surface area (Å²) in [6.45, 7) is 2.63. The molecular weight excluding hydrogens is 410 g/mol. The van der Waals surface area contributed by atoms with E-state index in [2.05, 4.69) is 48.7 Å². The number of hydrogen-bond acceptors (Lipinski definition) is 5. The van der Waals surface area contributed by atoms with Crippen LogP contribution >= 0.6 is 27.3 Å². The molecule has 2 aromatic heterocycles. The first-order valence-corrected chi connectivity index (χ1v) is 9.90. The van der Waals surface area contributed by atoms with Crippen molar-refractivity contribution in [1.82, 2.24) is 9.97 Å². The van der Waals surface area contributed by atoms with E-state index in [4.69, 9.17) is 4.74 Å². The summed E-state index contributed by atoms with van der Waals surface area (Å²) in [4.78, 5) is 9.87. The number of nitrogens with zero attached hydrogens (tertiary/aromatic N) is 2. The van der Waals surface area contributed by atoms with Crippen LogP contribution in [0.15, 0.2) is 64.7 Å². The maximum absolute atomic E-state index is 5.50. The molecule has 0 amide bonds. The highest BCUT2D eigenvalue weighted by Crippen LogP contribution is 2.37. The van der Waals surface area contributed by atoms with Crippen LogP contribution in [0.5, 0.6) is 5.75 Å². The largest absolute Gasteiger partial charge is 0.494 e. The molecule has 0 atom stereocenters. The second kappa shape index (κ2) is 7.43. The highest BCUT2D eigenvalue weighted by molar-refractivity contribution is 9.10. The van der Waals surface area contributed by atoms with Crippen LogP contribution in [0.4, 0.5) is 11.5 Å². The molecule has 6 heteroatoms. The summed E-state index contributed by atoms with van der Waals surface area (Å²) in [5, 5.41) is 6.58. The molecule has 0 aliphatic rings. The Morgan fingerprint density at radius 2 is 1.81 bits per heavy atom. The first kappa shape index (κ1) is 17.0. The summed E-state index contributed by atoms with van der Waals surface area (Å²) in [6, 6.07) is 16.2. The van der Waals surface area contributed by atoms with Crippen molar-refractivity contribution in [1.29, 1.82) is 0 Å². The standard InChI is InChI=1S/C20H16BrN3OS/c1-2-25-16-9-7-15(8-10-16)24-19-18-17(11-26-20(18)23-12-22-19)13-3-5-14(21)6-4-13/h3-12H,2H2,1H3,(H,22,23,24). The Hall–Kier alpha value is -2.44. The average molecular weight is 426 g/mol. The maximum atomic E-state index is 5.50. The first-order valence-electron chi connectivity index (χ1n) is 8.22. The van der Waals surface area contributed by atoms with E-state index in [1.807, 2.05) is 43.3 Å². The highest BCUT2D eigenvalue weighted by Gasteiger charge is 2.13. The molecule has 1 N–H and O–H groups in total. The fourth-order valence-corrected chi connectivity index (χ4v) is 3.93. The van der Waals surface area contributed by atoms with Gasteiger partial charge in [-0.3, -0.25) is 0 Å². The quantitative estimate of drug-likeness (QED) is 0.409. The minimum Gasteiger partial charge on any atom is -0.494 e. The van der Waals surface area contributed by atoms with Crippen molar-refractivity contribution in [3.05, 3.63) is 64.7 Å².